The number of hydrogen-bond acceptors (Lipinski definition) is 2. The first-order valence-corrected chi connectivity index (χ1v) is 6.61. The molecule has 78 valence electrons. The van der Waals surface area contributed by atoms with Crippen molar-refractivity contribution in [2.75, 3.05) is 0 Å². The van der Waals surface area contributed by atoms with Gasteiger partial charge in [-0.1, -0.05) is 19.4 Å². The average Bonchev–Trinajstić information content (AvgIpc) is 2.67. The van der Waals surface area contributed by atoms with Gasteiger partial charge in [0.25, 0.3) is 0 Å². The maximum atomic E-state index is 4.45. The van der Waals surface area contributed by atoms with E-state index in [1.165, 1.54) is 16.1 Å². The molecule has 1 nitrogen and oxygen atoms in total. The second-order valence-electron chi connectivity index (χ2n) is 3.39. The molecule has 0 aromatic carbocycles. The van der Waals surface area contributed by atoms with Crippen LogP contribution < -0.4 is 0 Å². The maximum Gasteiger partial charge on any atom is 0.0705 e. The highest BCUT2D eigenvalue weighted by Crippen LogP contribution is 2.30. The predicted octanol–water partition coefficient (Wildman–Crippen LogP) is 4.53. The SMILES string of the molecule is CCCc1ccc(-c2ccc(Br)s2)cn1. The minimum Gasteiger partial charge on any atom is -0.261 e. The molecule has 0 aliphatic heterocycles. The topological polar surface area (TPSA) is 12.9 Å². The highest BCUT2D eigenvalue weighted by molar-refractivity contribution is 9.11. The molecule has 0 saturated heterocycles. The third-order valence-electron chi connectivity index (χ3n) is 2.19. The molecule has 3 heteroatoms. The van der Waals surface area contributed by atoms with E-state index in [4.69, 9.17) is 0 Å². The minimum atomic E-state index is 1.06. The highest BCUT2D eigenvalue weighted by atomic mass is 79.9. The molecule has 0 spiro atoms. The molecule has 15 heavy (non-hydrogen) atoms. The van der Waals surface area contributed by atoms with Crippen LogP contribution in [0.1, 0.15) is 19.0 Å². The number of aryl methyl sites for hydroxylation is 1. The minimum absolute atomic E-state index is 1.06. The number of halogens is 1. The molecule has 0 radical (unpaired) electrons. The standard InChI is InChI=1S/C12H12BrNS/c1-2-3-10-5-4-9(8-14-10)11-6-7-12(13)15-11/h4-8H,2-3H2,1H3. The Hall–Kier alpha value is -0.670. The van der Waals surface area contributed by atoms with Crippen molar-refractivity contribution >= 4 is 27.3 Å². The zero-order chi connectivity index (χ0) is 10.7. The molecule has 0 fully saturated rings. The fourth-order valence-electron chi connectivity index (χ4n) is 1.44. The van der Waals surface area contributed by atoms with Crippen LogP contribution in [0.2, 0.25) is 0 Å². The number of pyridine rings is 1. The first-order chi connectivity index (χ1) is 7.29. The zero-order valence-electron chi connectivity index (χ0n) is 8.53. The zero-order valence-corrected chi connectivity index (χ0v) is 10.9. The molecule has 0 aliphatic rings. The molecule has 0 atom stereocenters. The van der Waals surface area contributed by atoms with Gasteiger partial charge in [-0.05, 0) is 40.5 Å². The molecule has 0 saturated carbocycles. The Balaban J connectivity index is 2.23. The summed E-state index contributed by atoms with van der Waals surface area (Å²) in [6.07, 6.45) is 4.18. The second-order valence-corrected chi connectivity index (χ2v) is 5.85. The quantitative estimate of drug-likeness (QED) is 0.806. The summed E-state index contributed by atoms with van der Waals surface area (Å²) in [5.41, 5.74) is 2.38. The van der Waals surface area contributed by atoms with Gasteiger partial charge in [-0.25, -0.2) is 0 Å². The number of thiophene rings is 1. The van der Waals surface area contributed by atoms with Crippen molar-refractivity contribution in [2.24, 2.45) is 0 Å². The molecule has 0 bridgehead atoms. The van der Waals surface area contributed by atoms with Crippen molar-refractivity contribution in [2.45, 2.75) is 19.8 Å². The summed E-state index contributed by atoms with van der Waals surface area (Å²) in [4.78, 5) is 5.71. The van der Waals surface area contributed by atoms with Gasteiger partial charge in [0.15, 0.2) is 0 Å². The van der Waals surface area contributed by atoms with Crippen molar-refractivity contribution in [3.05, 3.63) is 39.9 Å². The van der Waals surface area contributed by atoms with Crippen LogP contribution in [-0.4, -0.2) is 4.98 Å². The molecule has 0 unspecified atom stereocenters. The Morgan fingerprint density at radius 2 is 2.13 bits per heavy atom. The molecule has 0 amide bonds. The molecule has 0 N–H and O–H groups in total. The summed E-state index contributed by atoms with van der Waals surface area (Å²) in [5.74, 6) is 0. The summed E-state index contributed by atoms with van der Waals surface area (Å²) in [5, 5.41) is 0. The van der Waals surface area contributed by atoms with Gasteiger partial charge in [-0.2, -0.15) is 0 Å². The maximum absolute atomic E-state index is 4.45. The van der Waals surface area contributed by atoms with Crippen molar-refractivity contribution < 1.29 is 0 Å². The summed E-state index contributed by atoms with van der Waals surface area (Å²) in [6, 6.07) is 8.45. The van der Waals surface area contributed by atoms with Gasteiger partial charge < -0.3 is 0 Å². The Labute approximate surface area is 102 Å². The van der Waals surface area contributed by atoms with E-state index in [2.05, 4.69) is 52.1 Å². The third-order valence-corrected chi connectivity index (χ3v) is 3.86. The van der Waals surface area contributed by atoms with Crippen LogP contribution >= 0.6 is 27.3 Å². The molecular formula is C12H12BrNS. The first-order valence-electron chi connectivity index (χ1n) is 5.00. The molecule has 2 aromatic rings. The number of hydrogen-bond donors (Lipinski definition) is 0. The van der Waals surface area contributed by atoms with Crippen LogP contribution in [0.4, 0.5) is 0 Å². The fourth-order valence-corrected chi connectivity index (χ4v) is 2.82. The van der Waals surface area contributed by atoms with Crippen LogP contribution in [-0.2, 0) is 6.42 Å². The number of nitrogens with zero attached hydrogens (tertiary/aromatic N) is 1. The van der Waals surface area contributed by atoms with Crippen molar-refractivity contribution in [1.29, 1.82) is 0 Å². The summed E-state index contributed by atoms with van der Waals surface area (Å²) < 4.78 is 1.16. The predicted molar refractivity (Wildman–Crippen MR) is 69.2 cm³/mol. The van der Waals surface area contributed by atoms with Gasteiger partial charge in [0, 0.05) is 22.3 Å². The summed E-state index contributed by atoms with van der Waals surface area (Å²) in [6.45, 7) is 2.17. The van der Waals surface area contributed by atoms with Crippen LogP contribution in [0.15, 0.2) is 34.2 Å². The van der Waals surface area contributed by atoms with Crippen LogP contribution in [0.5, 0.6) is 0 Å². The summed E-state index contributed by atoms with van der Waals surface area (Å²) >= 11 is 5.20. The largest absolute Gasteiger partial charge is 0.261 e. The third kappa shape index (κ3) is 2.67. The van der Waals surface area contributed by atoms with Gasteiger partial charge >= 0.3 is 0 Å². The fraction of sp³-hybridized carbons (Fsp3) is 0.250. The Morgan fingerprint density at radius 3 is 2.67 bits per heavy atom. The van der Waals surface area contributed by atoms with E-state index in [1.54, 1.807) is 11.3 Å². The van der Waals surface area contributed by atoms with Crippen LogP contribution in [0.3, 0.4) is 0 Å². The van der Waals surface area contributed by atoms with Crippen LogP contribution in [0.25, 0.3) is 10.4 Å². The van der Waals surface area contributed by atoms with Gasteiger partial charge in [0.05, 0.1) is 3.79 Å². The molecule has 2 rings (SSSR count). The lowest BCUT2D eigenvalue weighted by Crippen LogP contribution is -1.87. The van der Waals surface area contributed by atoms with Crippen LogP contribution in [0, 0.1) is 0 Å². The highest BCUT2D eigenvalue weighted by Gasteiger charge is 2.01. The van der Waals surface area contributed by atoms with E-state index in [1.807, 2.05) is 6.20 Å². The van der Waals surface area contributed by atoms with Gasteiger partial charge in [0.1, 0.15) is 0 Å². The van der Waals surface area contributed by atoms with E-state index in [0.717, 1.165) is 16.6 Å². The smallest absolute Gasteiger partial charge is 0.0705 e. The average molecular weight is 282 g/mol. The number of aromatic nitrogens is 1. The second kappa shape index (κ2) is 4.90. The first kappa shape index (κ1) is 10.8. The number of rotatable bonds is 3. The Bertz CT molecular complexity index is 433. The monoisotopic (exact) mass is 281 g/mol. The Morgan fingerprint density at radius 1 is 1.27 bits per heavy atom. The lowest BCUT2D eigenvalue weighted by molar-refractivity contribution is 0.883. The molecular weight excluding hydrogens is 270 g/mol. The lowest BCUT2D eigenvalue weighted by Gasteiger charge is -1.99. The molecule has 2 heterocycles. The molecule has 0 aliphatic carbocycles. The van der Waals surface area contributed by atoms with Gasteiger partial charge in [-0.3, -0.25) is 4.98 Å². The van der Waals surface area contributed by atoms with E-state index in [0.29, 0.717) is 0 Å². The van der Waals surface area contributed by atoms with Crippen molar-refractivity contribution in [3.63, 3.8) is 0 Å². The van der Waals surface area contributed by atoms with Gasteiger partial charge in [0.2, 0.25) is 0 Å². The van der Waals surface area contributed by atoms with E-state index < -0.39 is 0 Å². The van der Waals surface area contributed by atoms with E-state index in [9.17, 15) is 0 Å². The molecule has 2 aromatic heterocycles. The van der Waals surface area contributed by atoms with Gasteiger partial charge in [-0.15, -0.1) is 11.3 Å². The Kier molecular flexibility index (Phi) is 3.54. The lowest BCUT2D eigenvalue weighted by atomic mass is 10.2. The summed E-state index contributed by atoms with van der Waals surface area (Å²) in [7, 11) is 0. The van der Waals surface area contributed by atoms with Crippen molar-refractivity contribution in [1.82, 2.24) is 4.98 Å². The normalized spacial score (nSPS) is 10.5. The van der Waals surface area contributed by atoms with Crippen molar-refractivity contribution in [3.8, 4) is 10.4 Å². The van der Waals surface area contributed by atoms with E-state index >= 15 is 0 Å². The van der Waals surface area contributed by atoms with E-state index in [-0.39, 0.29) is 0 Å².